The van der Waals surface area contributed by atoms with Gasteiger partial charge in [-0.15, -0.1) is 12.6 Å². The molecule has 0 amide bonds. The molecule has 0 radical (unpaired) electrons. The van der Waals surface area contributed by atoms with Crippen LogP contribution in [-0.2, 0) is 0 Å². The van der Waals surface area contributed by atoms with E-state index in [9.17, 15) is 4.79 Å². The van der Waals surface area contributed by atoms with Gasteiger partial charge < -0.3 is 5.11 Å². The fraction of sp³-hybridized carbons (Fsp3) is 0.125. The quantitative estimate of drug-likeness (QED) is 0.748. The Morgan fingerprint density at radius 2 is 2.17 bits per heavy atom. The Morgan fingerprint density at radius 3 is 2.67 bits per heavy atom. The Bertz CT molecular complexity index is 336. The minimum Gasteiger partial charge on any atom is -0.478 e. The van der Waals surface area contributed by atoms with E-state index in [4.69, 9.17) is 5.11 Å². The van der Waals surface area contributed by atoms with Crippen molar-refractivity contribution in [2.24, 2.45) is 0 Å². The summed E-state index contributed by atoms with van der Waals surface area (Å²) in [5, 5.41) is 8.71. The lowest BCUT2D eigenvalue weighted by Crippen LogP contribution is -1.98. The van der Waals surface area contributed by atoms with Crippen LogP contribution in [0.3, 0.4) is 0 Å². The summed E-state index contributed by atoms with van der Waals surface area (Å²) in [6, 6.07) is 3.27. The molecule has 2 nitrogen and oxygen atoms in total. The van der Waals surface area contributed by atoms with Crippen molar-refractivity contribution < 1.29 is 9.90 Å². The normalized spacial score (nSPS) is 9.92. The molecule has 1 aromatic rings. The maximum Gasteiger partial charge on any atom is 0.336 e. The van der Waals surface area contributed by atoms with Gasteiger partial charge in [-0.3, -0.25) is 0 Å². The Labute approximate surface area is 84.1 Å². The van der Waals surface area contributed by atoms with Gasteiger partial charge in [-0.25, -0.2) is 4.79 Å². The molecule has 0 bridgehead atoms. The van der Waals surface area contributed by atoms with Crippen LogP contribution in [0.4, 0.5) is 0 Å². The summed E-state index contributed by atoms with van der Waals surface area (Å²) in [6.45, 7) is 1.88. The van der Waals surface area contributed by atoms with Gasteiger partial charge in [-0.2, -0.15) is 0 Å². The first-order chi connectivity index (χ1) is 5.52. The fourth-order valence-electron chi connectivity index (χ4n) is 0.838. The lowest BCUT2D eigenvalue weighted by molar-refractivity contribution is 0.0693. The van der Waals surface area contributed by atoms with Crippen molar-refractivity contribution in [3.8, 4) is 0 Å². The first-order valence-electron chi connectivity index (χ1n) is 3.25. The Morgan fingerprint density at radius 1 is 1.58 bits per heavy atom. The van der Waals surface area contributed by atoms with Crippen LogP contribution in [0.25, 0.3) is 0 Å². The van der Waals surface area contributed by atoms with Gasteiger partial charge in [0.25, 0.3) is 0 Å². The number of halogens is 1. The summed E-state index contributed by atoms with van der Waals surface area (Å²) in [6.07, 6.45) is 0. The molecule has 0 aromatic heterocycles. The highest BCUT2D eigenvalue weighted by Gasteiger charge is 2.09. The van der Waals surface area contributed by atoms with E-state index < -0.39 is 5.97 Å². The van der Waals surface area contributed by atoms with E-state index in [0.29, 0.717) is 4.90 Å². The summed E-state index contributed by atoms with van der Waals surface area (Å²) in [4.78, 5) is 11.1. The third kappa shape index (κ3) is 1.81. The van der Waals surface area contributed by atoms with Crippen LogP contribution < -0.4 is 0 Å². The second-order valence-corrected chi connectivity index (χ2v) is 3.76. The molecule has 64 valence electrons. The van der Waals surface area contributed by atoms with Gasteiger partial charge in [0.15, 0.2) is 0 Å². The first kappa shape index (κ1) is 9.61. The Hall–Kier alpha value is -0.480. The average molecular weight is 247 g/mol. The zero-order valence-electron chi connectivity index (χ0n) is 6.34. The lowest BCUT2D eigenvalue weighted by atomic mass is 10.1. The molecule has 0 aliphatic rings. The van der Waals surface area contributed by atoms with Crippen molar-refractivity contribution in [1.29, 1.82) is 0 Å². The lowest BCUT2D eigenvalue weighted by Gasteiger charge is -2.03. The van der Waals surface area contributed by atoms with Crippen LogP contribution in [0, 0.1) is 6.92 Å². The second-order valence-electron chi connectivity index (χ2n) is 2.42. The number of carbonyl (C=O) groups is 1. The third-order valence-electron chi connectivity index (χ3n) is 1.51. The zero-order valence-corrected chi connectivity index (χ0v) is 8.82. The van der Waals surface area contributed by atoms with Crippen molar-refractivity contribution in [3.05, 3.63) is 27.7 Å². The molecule has 12 heavy (non-hydrogen) atoms. The van der Waals surface area contributed by atoms with Crippen molar-refractivity contribution >= 4 is 34.5 Å². The fourth-order valence-corrected chi connectivity index (χ4v) is 1.53. The molecule has 0 unspecified atom stereocenters. The van der Waals surface area contributed by atoms with Crippen molar-refractivity contribution in [1.82, 2.24) is 0 Å². The third-order valence-corrected chi connectivity index (χ3v) is 2.73. The number of benzene rings is 1. The minimum absolute atomic E-state index is 0.218. The molecule has 0 atom stereocenters. The topological polar surface area (TPSA) is 37.3 Å². The van der Waals surface area contributed by atoms with Gasteiger partial charge in [0.1, 0.15) is 0 Å². The molecule has 0 fully saturated rings. The van der Waals surface area contributed by atoms with Crippen LogP contribution >= 0.6 is 28.6 Å². The average Bonchev–Trinajstić information content (AvgIpc) is 1.96. The molecule has 0 aliphatic heterocycles. The van der Waals surface area contributed by atoms with Crippen LogP contribution in [-0.4, -0.2) is 11.1 Å². The molecule has 0 aliphatic carbocycles. The molecule has 1 N–H and O–H groups in total. The van der Waals surface area contributed by atoms with Crippen molar-refractivity contribution in [2.45, 2.75) is 11.8 Å². The van der Waals surface area contributed by atoms with Crippen LogP contribution in [0.5, 0.6) is 0 Å². The number of carboxylic acid groups (broad SMARTS) is 1. The molecule has 0 spiro atoms. The monoisotopic (exact) mass is 246 g/mol. The molecule has 0 saturated heterocycles. The predicted octanol–water partition coefficient (Wildman–Crippen LogP) is 2.74. The van der Waals surface area contributed by atoms with E-state index in [1.54, 1.807) is 12.1 Å². The zero-order chi connectivity index (χ0) is 9.30. The van der Waals surface area contributed by atoms with E-state index in [2.05, 4.69) is 28.6 Å². The molecule has 1 aromatic carbocycles. The maximum atomic E-state index is 10.6. The SMILES string of the molecule is Cc1cc(S)c(C(=O)O)cc1Br. The summed E-state index contributed by atoms with van der Waals surface area (Å²) >= 11 is 7.30. The number of carboxylic acids is 1. The van der Waals surface area contributed by atoms with Gasteiger partial charge >= 0.3 is 5.97 Å². The predicted molar refractivity (Wildman–Crippen MR) is 53.1 cm³/mol. The second kappa shape index (κ2) is 3.49. The number of hydrogen-bond donors (Lipinski definition) is 2. The van der Waals surface area contributed by atoms with Crippen molar-refractivity contribution in [3.63, 3.8) is 0 Å². The Balaban J connectivity index is 3.33. The minimum atomic E-state index is -0.958. The largest absolute Gasteiger partial charge is 0.478 e. The Kier molecular flexibility index (Phi) is 2.80. The van der Waals surface area contributed by atoms with Gasteiger partial charge in [0.2, 0.25) is 0 Å². The van der Waals surface area contributed by atoms with Crippen LogP contribution in [0.15, 0.2) is 21.5 Å². The summed E-state index contributed by atoms with van der Waals surface area (Å²) in [5.41, 5.74) is 1.20. The molecule has 0 heterocycles. The number of thiol groups is 1. The summed E-state index contributed by atoms with van der Waals surface area (Å²) in [7, 11) is 0. The maximum absolute atomic E-state index is 10.6. The smallest absolute Gasteiger partial charge is 0.336 e. The van der Waals surface area contributed by atoms with Crippen LogP contribution in [0.2, 0.25) is 0 Å². The number of rotatable bonds is 1. The van der Waals surface area contributed by atoms with Gasteiger partial charge in [0, 0.05) is 9.37 Å². The van der Waals surface area contributed by atoms with E-state index in [0.717, 1.165) is 10.0 Å². The molecular weight excluding hydrogens is 240 g/mol. The van der Waals surface area contributed by atoms with E-state index >= 15 is 0 Å². The van der Waals surface area contributed by atoms with Crippen LogP contribution in [0.1, 0.15) is 15.9 Å². The summed E-state index contributed by atoms with van der Waals surface area (Å²) in [5.74, 6) is -0.958. The standard InChI is InChI=1S/C8H7BrO2S/c1-4-2-7(12)5(8(10)11)3-6(4)9/h2-3,12H,1H3,(H,10,11). The van der Waals surface area contributed by atoms with E-state index in [1.165, 1.54) is 0 Å². The number of aryl methyl sites for hydroxylation is 1. The van der Waals surface area contributed by atoms with Crippen molar-refractivity contribution in [2.75, 3.05) is 0 Å². The molecule has 4 heteroatoms. The molecule has 1 rings (SSSR count). The van der Waals surface area contributed by atoms with E-state index in [-0.39, 0.29) is 5.56 Å². The molecular formula is C8H7BrO2S. The molecule has 0 saturated carbocycles. The highest BCUT2D eigenvalue weighted by molar-refractivity contribution is 9.10. The van der Waals surface area contributed by atoms with Gasteiger partial charge in [-0.1, -0.05) is 15.9 Å². The number of hydrogen-bond acceptors (Lipinski definition) is 2. The highest BCUT2D eigenvalue weighted by atomic mass is 79.9. The van der Waals surface area contributed by atoms with Gasteiger partial charge in [0.05, 0.1) is 5.56 Å². The summed E-state index contributed by atoms with van der Waals surface area (Å²) < 4.78 is 0.790. The number of aromatic carboxylic acids is 1. The highest BCUT2D eigenvalue weighted by Crippen LogP contribution is 2.23. The van der Waals surface area contributed by atoms with E-state index in [1.807, 2.05) is 6.92 Å². The van der Waals surface area contributed by atoms with Gasteiger partial charge in [-0.05, 0) is 24.6 Å². The first-order valence-corrected chi connectivity index (χ1v) is 4.49.